The van der Waals surface area contributed by atoms with Gasteiger partial charge in [-0.15, -0.1) is 0 Å². The molecule has 1 N–H and O–H groups in total. The number of likely N-dealkylation sites (tertiary alicyclic amines) is 1. The molecule has 9 heteroatoms. The highest BCUT2D eigenvalue weighted by Crippen LogP contribution is 2.24. The normalized spacial score (nSPS) is 14.3. The van der Waals surface area contributed by atoms with Crippen molar-refractivity contribution >= 4 is 12.0 Å². The number of halogens is 2. The average Bonchev–Trinajstić information content (AvgIpc) is 2.70. The van der Waals surface area contributed by atoms with Crippen LogP contribution >= 0.6 is 0 Å². The lowest BCUT2D eigenvalue weighted by molar-refractivity contribution is 0.0199. The molecule has 0 atom stereocenters. The van der Waals surface area contributed by atoms with Crippen molar-refractivity contribution in [3.05, 3.63) is 53.7 Å². The number of benzene rings is 1. The summed E-state index contributed by atoms with van der Waals surface area (Å²) in [6, 6.07) is 6.02. The molecule has 0 spiro atoms. The van der Waals surface area contributed by atoms with Crippen LogP contribution in [0.5, 0.6) is 11.6 Å². The first-order valence-electron chi connectivity index (χ1n) is 9.98. The van der Waals surface area contributed by atoms with Crippen molar-refractivity contribution in [2.45, 2.75) is 52.7 Å². The number of carbonyl (C=O) groups excluding carboxylic acids is 2. The van der Waals surface area contributed by atoms with Crippen LogP contribution in [0, 0.1) is 11.6 Å². The number of nitrogens with zero attached hydrogens (tertiary/aromatic N) is 2. The summed E-state index contributed by atoms with van der Waals surface area (Å²) < 4.78 is 37.8. The Bertz CT molecular complexity index is 937. The van der Waals surface area contributed by atoms with E-state index in [4.69, 9.17) is 9.47 Å². The Morgan fingerprint density at radius 2 is 1.72 bits per heavy atom. The van der Waals surface area contributed by atoms with E-state index in [1.165, 1.54) is 24.3 Å². The summed E-state index contributed by atoms with van der Waals surface area (Å²) in [5.74, 6) is -1.48. The molecule has 3 rings (SSSR count). The van der Waals surface area contributed by atoms with Crippen LogP contribution in [0.25, 0.3) is 0 Å². The van der Waals surface area contributed by atoms with Gasteiger partial charge in [-0.2, -0.15) is 0 Å². The molecule has 0 aliphatic carbocycles. The smallest absolute Gasteiger partial charge is 0.410 e. The Balaban J connectivity index is 0.00000363. The number of rotatable bonds is 4. The van der Waals surface area contributed by atoms with Gasteiger partial charge in [0.1, 0.15) is 28.5 Å². The van der Waals surface area contributed by atoms with E-state index in [0.29, 0.717) is 25.9 Å². The molecule has 1 fully saturated rings. The summed E-state index contributed by atoms with van der Waals surface area (Å²) >= 11 is 0. The van der Waals surface area contributed by atoms with Crippen molar-refractivity contribution in [2.24, 2.45) is 0 Å². The van der Waals surface area contributed by atoms with E-state index in [9.17, 15) is 18.4 Å². The number of ether oxygens (including phenoxy) is 2. The quantitative estimate of drug-likeness (QED) is 0.717. The van der Waals surface area contributed by atoms with Gasteiger partial charge < -0.3 is 19.7 Å². The van der Waals surface area contributed by atoms with E-state index in [0.717, 1.165) is 12.3 Å². The van der Waals surface area contributed by atoms with Gasteiger partial charge in [0.2, 0.25) is 5.88 Å². The highest BCUT2D eigenvalue weighted by Gasteiger charge is 2.28. The Morgan fingerprint density at radius 1 is 1.09 bits per heavy atom. The van der Waals surface area contributed by atoms with Gasteiger partial charge in [0.05, 0.1) is 6.20 Å². The Kier molecular flexibility index (Phi) is 8.13. The standard InChI is InChI=1S/C22H25F2N3O4.CH4/c1-22(2,3)31-21(29)27-10-8-16(9-11-27)26-19(28)18-12-15(24)13-25-20(18)30-17-6-4-14(23)5-7-17;/h4-7,12-13,16H,8-11H2,1-3H3,(H,26,28);1H4. The fraction of sp³-hybridized carbons (Fsp3) is 0.435. The van der Waals surface area contributed by atoms with Crippen LogP contribution in [0.3, 0.4) is 0 Å². The number of pyridine rings is 1. The van der Waals surface area contributed by atoms with E-state index in [1.807, 2.05) is 0 Å². The van der Waals surface area contributed by atoms with E-state index in [1.54, 1.807) is 25.7 Å². The molecular weight excluding hydrogens is 420 g/mol. The number of piperidine rings is 1. The van der Waals surface area contributed by atoms with Crippen LogP contribution in [0.4, 0.5) is 13.6 Å². The Morgan fingerprint density at radius 3 is 2.31 bits per heavy atom. The molecular formula is C23H29F2N3O4. The molecule has 2 amide bonds. The SMILES string of the molecule is C.CC(C)(C)OC(=O)N1CCC(NC(=O)c2cc(F)cnc2Oc2ccc(F)cc2)CC1. The van der Waals surface area contributed by atoms with E-state index in [-0.39, 0.29) is 36.8 Å². The molecule has 2 aromatic rings. The van der Waals surface area contributed by atoms with E-state index in [2.05, 4.69) is 10.3 Å². The van der Waals surface area contributed by atoms with Gasteiger partial charge >= 0.3 is 6.09 Å². The summed E-state index contributed by atoms with van der Waals surface area (Å²) in [6.45, 7) is 6.27. The third-order valence-electron chi connectivity index (χ3n) is 4.57. The van der Waals surface area contributed by atoms with Crippen molar-refractivity contribution in [1.82, 2.24) is 15.2 Å². The lowest BCUT2D eigenvalue weighted by Gasteiger charge is -2.33. The van der Waals surface area contributed by atoms with E-state index < -0.39 is 23.1 Å². The fourth-order valence-electron chi connectivity index (χ4n) is 3.08. The molecule has 1 aromatic carbocycles. The second kappa shape index (κ2) is 10.4. The maximum Gasteiger partial charge on any atom is 0.410 e. The first kappa shape index (κ1) is 25.0. The second-order valence-corrected chi connectivity index (χ2v) is 8.28. The van der Waals surface area contributed by atoms with Crippen molar-refractivity contribution in [3.63, 3.8) is 0 Å². The maximum absolute atomic E-state index is 13.7. The molecule has 1 aliphatic rings. The number of nitrogens with one attached hydrogen (secondary N) is 1. The molecule has 174 valence electrons. The molecule has 0 bridgehead atoms. The van der Waals surface area contributed by atoms with Crippen LogP contribution in [-0.4, -0.2) is 46.6 Å². The highest BCUT2D eigenvalue weighted by molar-refractivity contribution is 5.96. The van der Waals surface area contributed by atoms with Gasteiger partial charge in [-0.1, -0.05) is 7.43 Å². The van der Waals surface area contributed by atoms with Crippen molar-refractivity contribution < 1.29 is 27.8 Å². The zero-order chi connectivity index (χ0) is 22.6. The van der Waals surface area contributed by atoms with E-state index >= 15 is 0 Å². The van der Waals surface area contributed by atoms with Gasteiger partial charge in [-0.3, -0.25) is 4.79 Å². The first-order valence-corrected chi connectivity index (χ1v) is 9.98. The van der Waals surface area contributed by atoms with Crippen LogP contribution < -0.4 is 10.1 Å². The van der Waals surface area contributed by atoms with Gasteiger partial charge in [-0.05, 0) is 63.9 Å². The van der Waals surface area contributed by atoms with Gasteiger partial charge in [-0.25, -0.2) is 18.6 Å². The lowest BCUT2D eigenvalue weighted by atomic mass is 10.0. The molecule has 2 heterocycles. The van der Waals surface area contributed by atoms with Gasteiger partial charge in [0.15, 0.2) is 0 Å². The Labute approximate surface area is 186 Å². The maximum atomic E-state index is 13.7. The predicted octanol–water partition coefficient (Wildman–Crippen LogP) is 4.92. The summed E-state index contributed by atoms with van der Waals surface area (Å²) in [6.07, 6.45) is 1.61. The molecule has 7 nitrogen and oxygen atoms in total. The predicted molar refractivity (Wildman–Crippen MR) is 116 cm³/mol. The number of aromatic nitrogens is 1. The number of hydrogen-bond acceptors (Lipinski definition) is 5. The third-order valence-corrected chi connectivity index (χ3v) is 4.57. The van der Waals surface area contributed by atoms with Crippen molar-refractivity contribution in [1.29, 1.82) is 0 Å². The zero-order valence-electron chi connectivity index (χ0n) is 17.7. The topological polar surface area (TPSA) is 80.8 Å². The molecule has 32 heavy (non-hydrogen) atoms. The van der Waals surface area contributed by atoms with Crippen LogP contribution in [0.1, 0.15) is 51.4 Å². The highest BCUT2D eigenvalue weighted by atomic mass is 19.1. The average molecular weight is 449 g/mol. The largest absolute Gasteiger partial charge is 0.444 e. The minimum Gasteiger partial charge on any atom is -0.444 e. The van der Waals surface area contributed by atoms with Crippen molar-refractivity contribution in [3.8, 4) is 11.6 Å². The van der Waals surface area contributed by atoms with Crippen LogP contribution in [-0.2, 0) is 4.74 Å². The van der Waals surface area contributed by atoms with Crippen LogP contribution in [0.2, 0.25) is 0 Å². The number of carbonyl (C=O) groups is 2. The number of hydrogen-bond donors (Lipinski definition) is 1. The molecule has 1 saturated heterocycles. The van der Waals surface area contributed by atoms with Gasteiger partial charge in [0.25, 0.3) is 5.91 Å². The first-order chi connectivity index (χ1) is 14.6. The zero-order valence-corrected chi connectivity index (χ0v) is 17.7. The minimum atomic E-state index is -0.684. The summed E-state index contributed by atoms with van der Waals surface area (Å²) in [4.78, 5) is 30.4. The molecule has 0 radical (unpaired) electrons. The molecule has 1 aromatic heterocycles. The minimum absolute atomic E-state index is 0. The lowest BCUT2D eigenvalue weighted by Crippen LogP contribution is -2.47. The molecule has 0 saturated carbocycles. The summed E-state index contributed by atoms with van der Waals surface area (Å²) in [5, 5.41) is 2.84. The monoisotopic (exact) mass is 449 g/mol. The molecule has 1 aliphatic heterocycles. The van der Waals surface area contributed by atoms with Crippen molar-refractivity contribution in [2.75, 3.05) is 13.1 Å². The summed E-state index contributed by atoms with van der Waals surface area (Å²) in [7, 11) is 0. The Hall–Kier alpha value is -3.23. The fourth-order valence-corrected chi connectivity index (χ4v) is 3.08. The molecule has 0 unspecified atom stereocenters. The number of amides is 2. The summed E-state index contributed by atoms with van der Waals surface area (Å²) in [5.41, 5.74) is -0.646. The second-order valence-electron chi connectivity index (χ2n) is 8.28. The third kappa shape index (κ3) is 6.90. The van der Waals surface area contributed by atoms with Crippen LogP contribution in [0.15, 0.2) is 36.5 Å². The van der Waals surface area contributed by atoms with Gasteiger partial charge in [0, 0.05) is 19.1 Å².